The van der Waals surface area contributed by atoms with Gasteiger partial charge in [-0.25, -0.2) is 9.97 Å². The van der Waals surface area contributed by atoms with Crippen LogP contribution in [0, 0.1) is 12.8 Å². The number of aromatic nitrogens is 2. The number of nitrogens with one attached hydrogen (secondary N) is 1. The maximum Gasteiger partial charge on any atom is 0.242 e. The summed E-state index contributed by atoms with van der Waals surface area (Å²) in [6.07, 6.45) is 5.65. The van der Waals surface area contributed by atoms with Crippen molar-refractivity contribution < 1.29 is 9.53 Å². The van der Waals surface area contributed by atoms with Gasteiger partial charge in [-0.3, -0.25) is 4.79 Å². The molecule has 0 aromatic carbocycles. The van der Waals surface area contributed by atoms with Crippen LogP contribution in [-0.4, -0.2) is 48.2 Å². The Bertz CT molecular complexity index is 636. The molecule has 26 heavy (non-hydrogen) atoms. The molecule has 4 atom stereocenters. The van der Waals surface area contributed by atoms with Crippen LogP contribution in [0.3, 0.4) is 0 Å². The predicted molar refractivity (Wildman–Crippen MR) is 101 cm³/mol. The Morgan fingerprint density at radius 1 is 1.42 bits per heavy atom. The topological polar surface area (TPSA) is 93.4 Å². The molecule has 7 heteroatoms. The number of nitrogens with two attached hydrogens (primary N) is 1. The number of hydrogen-bond acceptors (Lipinski definition) is 6. The number of ether oxygens (including phenoxy) is 1. The van der Waals surface area contributed by atoms with Gasteiger partial charge < -0.3 is 20.7 Å². The second kappa shape index (κ2) is 8.31. The number of nitrogens with zero attached hydrogens (tertiary/aromatic N) is 3. The van der Waals surface area contributed by atoms with E-state index in [0.717, 1.165) is 24.4 Å². The van der Waals surface area contributed by atoms with Crippen molar-refractivity contribution >= 4 is 11.7 Å². The van der Waals surface area contributed by atoms with Crippen LogP contribution in [0.4, 0.5) is 5.82 Å². The molecule has 1 aliphatic carbocycles. The average Bonchev–Trinajstić information content (AvgIpc) is 3.01. The SMILES string of the molecule is COCCNC(=O)[C@@H]1C[C@@H]2CCCC[C@@H]2N1c1cc(C(C)N)nc(C)n1. The number of carbonyl (C=O) groups excluding carboxylic acids is 1. The standard InChI is InChI=1S/C19H31N5O2/c1-12(20)15-11-18(23-13(2)22-15)24-16-7-5-4-6-14(16)10-17(24)19(25)21-8-9-26-3/h11-12,14,16-17H,4-10,20H2,1-3H3,(H,21,25)/t12?,14-,16-,17-/m0/s1. The van der Waals surface area contributed by atoms with Gasteiger partial charge in [-0.15, -0.1) is 0 Å². The number of rotatable bonds is 6. The van der Waals surface area contributed by atoms with E-state index in [4.69, 9.17) is 10.5 Å². The summed E-state index contributed by atoms with van der Waals surface area (Å²) in [7, 11) is 1.64. The van der Waals surface area contributed by atoms with E-state index in [2.05, 4.69) is 20.2 Å². The molecule has 1 unspecified atom stereocenters. The normalized spacial score (nSPS) is 26.5. The molecule has 2 heterocycles. The minimum atomic E-state index is -0.185. The van der Waals surface area contributed by atoms with Crippen LogP contribution in [0.25, 0.3) is 0 Å². The first kappa shape index (κ1) is 19.0. The van der Waals surface area contributed by atoms with Crippen molar-refractivity contribution in [3.05, 3.63) is 17.6 Å². The Morgan fingerprint density at radius 3 is 2.92 bits per heavy atom. The number of aryl methyl sites for hydroxylation is 1. The molecule has 144 valence electrons. The lowest BCUT2D eigenvalue weighted by atomic mass is 9.84. The van der Waals surface area contributed by atoms with Crippen LogP contribution in [0.5, 0.6) is 0 Å². The van der Waals surface area contributed by atoms with Crippen molar-refractivity contribution in [2.24, 2.45) is 11.7 Å². The van der Waals surface area contributed by atoms with Gasteiger partial charge in [-0.2, -0.15) is 0 Å². The Hall–Kier alpha value is -1.73. The van der Waals surface area contributed by atoms with Crippen LogP contribution in [0.2, 0.25) is 0 Å². The van der Waals surface area contributed by atoms with Crippen LogP contribution in [-0.2, 0) is 9.53 Å². The zero-order chi connectivity index (χ0) is 18.7. The molecule has 0 spiro atoms. The molecule has 0 bridgehead atoms. The molecule has 2 fully saturated rings. The molecule has 2 aliphatic rings. The molecule has 1 aliphatic heterocycles. The van der Waals surface area contributed by atoms with Crippen LogP contribution in [0.1, 0.15) is 56.6 Å². The molecule has 1 aromatic rings. The van der Waals surface area contributed by atoms with E-state index in [1.165, 1.54) is 19.3 Å². The van der Waals surface area contributed by atoms with Crippen LogP contribution in [0.15, 0.2) is 6.07 Å². The lowest BCUT2D eigenvalue weighted by Gasteiger charge is -2.34. The molecule has 1 aromatic heterocycles. The number of amides is 1. The third-order valence-corrected chi connectivity index (χ3v) is 5.57. The summed E-state index contributed by atoms with van der Waals surface area (Å²) in [5.74, 6) is 2.16. The quantitative estimate of drug-likeness (QED) is 0.749. The summed E-state index contributed by atoms with van der Waals surface area (Å²) in [6, 6.07) is 1.99. The molecule has 3 rings (SSSR count). The van der Waals surface area contributed by atoms with Gasteiger partial charge in [-0.1, -0.05) is 12.8 Å². The van der Waals surface area contributed by atoms with E-state index < -0.39 is 0 Å². The summed E-state index contributed by atoms with van der Waals surface area (Å²) < 4.78 is 5.06. The molecule has 0 radical (unpaired) electrons. The van der Waals surface area contributed by atoms with Crippen molar-refractivity contribution in [3.8, 4) is 0 Å². The highest BCUT2D eigenvalue weighted by molar-refractivity contribution is 5.86. The molecular weight excluding hydrogens is 330 g/mol. The van der Waals surface area contributed by atoms with Gasteiger partial charge in [0.2, 0.25) is 5.91 Å². The Kier molecular flexibility index (Phi) is 6.09. The lowest BCUT2D eigenvalue weighted by molar-refractivity contribution is -0.122. The second-order valence-electron chi connectivity index (χ2n) is 7.54. The number of fused-ring (bicyclic) bond motifs is 1. The Balaban J connectivity index is 1.90. The summed E-state index contributed by atoms with van der Waals surface area (Å²) in [4.78, 5) is 24.2. The van der Waals surface area contributed by atoms with Gasteiger partial charge in [0.25, 0.3) is 0 Å². The summed E-state index contributed by atoms with van der Waals surface area (Å²) >= 11 is 0. The van der Waals surface area contributed by atoms with Crippen molar-refractivity contribution in [2.45, 2.75) is 64.1 Å². The number of hydrogen-bond donors (Lipinski definition) is 2. The first-order chi connectivity index (χ1) is 12.5. The van der Waals surface area contributed by atoms with Gasteiger partial charge >= 0.3 is 0 Å². The second-order valence-corrected chi connectivity index (χ2v) is 7.54. The van der Waals surface area contributed by atoms with E-state index in [9.17, 15) is 4.79 Å². The summed E-state index contributed by atoms with van der Waals surface area (Å²) in [5, 5.41) is 3.01. The third-order valence-electron chi connectivity index (χ3n) is 5.57. The largest absolute Gasteiger partial charge is 0.383 e. The molecule has 1 saturated carbocycles. The Morgan fingerprint density at radius 2 is 2.19 bits per heavy atom. The third kappa shape index (κ3) is 3.99. The fourth-order valence-electron chi connectivity index (χ4n) is 4.36. The zero-order valence-corrected chi connectivity index (χ0v) is 16.1. The van der Waals surface area contributed by atoms with Crippen LogP contribution >= 0.6 is 0 Å². The van der Waals surface area contributed by atoms with Crippen LogP contribution < -0.4 is 16.0 Å². The van der Waals surface area contributed by atoms with Crippen molar-refractivity contribution in [1.82, 2.24) is 15.3 Å². The van der Waals surface area contributed by atoms with Gasteiger partial charge in [0.15, 0.2) is 0 Å². The number of anilines is 1. The van der Waals surface area contributed by atoms with E-state index in [-0.39, 0.29) is 18.0 Å². The van der Waals surface area contributed by atoms with Gasteiger partial charge in [0.05, 0.1) is 12.3 Å². The van der Waals surface area contributed by atoms with E-state index in [1.807, 2.05) is 19.9 Å². The van der Waals surface area contributed by atoms with E-state index in [1.54, 1.807) is 7.11 Å². The number of methoxy groups -OCH3 is 1. The predicted octanol–water partition coefficient (Wildman–Crippen LogP) is 1.70. The van der Waals surface area contributed by atoms with Crippen molar-refractivity contribution in [1.29, 1.82) is 0 Å². The first-order valence-electron chi connectivity index (χ1n) is 9.67. The number of carbonyl (C=O) groups is 1. The average molecular weight is 361 g/mol. The Labute approximate surface area is 155 Å². The van der Waals surface area contributed by atoms with E-state index >= 15 is 0 Å². The van der Waals surface area contributed by atoms with Crippen molar-refractivity contribution in [3.63, 3.8) is 0 Å². The lowest BCUT2D eigenvalue weighted by Crippen LogP contribution is -2.48. The first-order valence-corrected chi connectivity index (χ1v) is 9.67. The molecular formula is C19H31N5O2. The fourth-order valence-corrected chi connectivity index (χ4v) is 4.36. The summed E-state index contributed by atoms with van der Waals surface area (Å²) in [5.41, 5.74) is 6.88. The van der Waals surface area contributed by atoms with Gasteiger partial charge in [-0.05, 0) is 39.0 Å². The molecule has 1 amide bonds. The fraction of sp³-hybridized carbons (Fsp3) is 0.737. The van der Waals surface area contributed by atoms with Crippen molar-refractivity contribution in [2.75, 3.05) is 25.2 Å². The smallest absolute Gasteiger partial charge is 0.242 e. The van der Waals surface area contributed by atoms with Gasteiger partial charge in [0, 0.05) is 31.8 Å². The molecule has 1 saturated heterocycles. The summed E-state index contributed by atoms with van der Waals surface area (Å²) in [6.45, 7) is 4.86. The highest BCUT2D eigenvalue weighted by atomic mass is 16.5. The van der Waals surface area contributed by atoms with Gasteiger partial charge in [0.1, 0.15) is 17.7 Å². The maximum atomic E-state index is 12.9. The van der Waals surface area contributed by atoms with E-state index in [0.29, 0.717) is 30.9 Å². The molecule has 7 nitrogen and oxygen atoms in total. The maximum absolute atomic E-state index is 12.9. The monoisotopic (exact) mass is 361 g/mol. The highest BCUT2D eigenvalue weighted by Crippen LogP contribution is 2.42. The minimum absolute atomic E-state index is 0.0649. The highest BCUT2D eigenvalue weighted by Gasteiger charge is 2.45. The molecule has 3 N–H and O–H groups in total. The zero-order valence-electron chi connectivity index (χ0n) is 16.1. The minimum Gasteiger partial charge on any atom is -0.383 e.